The van der Waals surface area contributed by atoms with Gasteiger partial charge >= 0.3 is 0 Å². The molecular formula is C14H19ClN2S. The average molecular weight is 283 g/mol. The van der Waals surface area contributed by atoms with Crippen molar-refractivity contribution in [3.8, 4) is 0 Å². The Bertz CT molecular complexity index is 495. The van der Waals surface area contributed by atoms with Crippen molar-refractivity contribution in [3.63, 3.8) is 0 Å². The zero-order chi connectivity index (χ0) is 13.7. The third kappa shape index (κ3) is 1.99. The van der Waals surface area contributed by atoms with Crippen LogP contribution < -0.4 is 11.1 Å². The lowest BCUT2D eigenvalue weighted by molar-refractivity contribution is 0.457. The second-order valence-corrected chi connectivity index (χ2v) is 6.95. The van der Waals surface area contributed by atoms with Gasteiger partial charge in [-0.2, -0.15) is 0 Å². The van der Waals surface area contributed by atoms with Crippen LogP contribution in [0.4, 0.5) is 5.69 Å². The van der Waals surface area contributed by atoms with Crippen molar-refractivity contribution in [1.82, 2.24) is 0 Å². The zero-order valence-electron chi connectivity index (χ0n) is 11.2. The lowest BCUT2D eigenvalue weighted by atomic mass is 10.0. The van der Waals surface area contributed by atoms with E-state index in [1.165, 1.54) is 0 Å². The van der Waals surface area contributed by atoms with Gasteiger partial charge in [0.2, 0.25) is 0 Å². The van der Waals surface area contributed by atoms with E-state index in [0.29, 0.717) is 16.1 Å². The third-order valence-electron chi connectivity index (χ3n) is 4.57. The Morgan fingerprint density at radius 3 is 2.28 bits per heavy atom. The van der Waals surface area contributed by atoms with Crippen molar-refractivity contribution in [2.75, 3.05) is 5.32 Å². The van der Waals surface area contributed by atoms with Crippen molar-refractivity contribution < 1.29 is 0 Å². The first-order chi connectivity index (χ1) is 8.18. The van der Waals surface area contributed by atoms with Crippen molar-refractivity contribution >= 4 is 34.5 Å². The summed E-state index contributed by atoms with van der Waals surface area (Å²) in [6.45, 7) is 9.04. The maximum atomic E-state index is 6.04. The van der Waals surface area contributed by atoms with E-state index in [4.69, 9.17) is 29.6 Å². The molecule has 0 heterocycles. The standard InChI is InChI=1S/C14H19ClN2S/c1-13(2)12(14(13,3)4)17-10-7-8(15)5-6-9(10)11(16)18/h5-7,12,17H,1-4H3,(H2,16,18). The van der Waals surface area contributed by atoms with E-state index in [2.05, 4.69) is 33.0 Å². The Balaban J connectivity index is 2.31. The van der Waals surface area contributed by atoms with Gasteiger partial charge in [-0.15, -0.1) is 0 Å². The summed E-state index contributed by atoms with van der Waals surface area (Å²) in [5, 5.41) is 4.22. The van der Waals surface area contributed by atoms with Crippen molar-refractivity contribution in [1.29, 1.82) is 0 Å². The number of nitrogens with one attached hydrogen (secondary N) is 1. The molecule has 0 aliphatic heterocycles. The first-order valence-electron chi connectivity index (χ1n) is 6.04. The first-order valence-corrected chi connectivity index (χ1v) is 6.82. The predicted molar refractivity (Wildman–Crippen MR) is 82.3 cm³/mol. The van der Waals surface area contributed by atoms with Crippen LogP contribution in [0.25, 0.3) is 0 Å². The van der Waals surface area contributed by atoms with Crippen LogP contribution in [-0.4, -0.2) is 11.0 Å². The molecule has 4 heteroatoms. The Morgan fingerprint density at radius 2 is 1.83 bits per heavy atom. The van der Waals surface area contributed by atoms with Crippen LogP contribution in [0.1, 0.15) is 33.3 Å². The molecule has 0 atom stereocenters. The highest BCUT2D eigenvalue weighted by molar-refractivity contribution is 7.80. The van der Waals surface area contributed by atoms with Crippen LogP contribution in [0.15, 0.2) is 18.2 Å². The van der Waals surface area contributed by atoms with Crippen molar-refractivity contribution in [2.24, 2.45) is 16.6 Å². The van der Waals surface area contributed by atoms with Crippen molar-refractivity contribution in [3.05, 3.63) is 28.8 Å². The number of anilines is 1. The van der Waals surface area contributed by atoms with Gasteiger partial charge in [-0.1, -0.05) is 51.5 Å². The summed E-state index contributed by atoms with van der Waals surface area (Å²) in [7, 11) is 0. The van der Waals surface area contributed by atoms with Crippen LogP contribution in [0.2, 0.25) is 5.02 Å². The van der Waals surface area contributed by atoms with Crippen LogP contribution >= 0.6 is 23.8 Å². The van der Waals surface area contributed by atoms with Gasteiger partial charge in [0.15, 0.2) is 0 Å². The lowest BCUT2D eigenvalue weighted by Crippen LogP contribution is -2.16. The van der Waals surface area contributed by atoms with E-state index >= 15 is 0 Å². The molecular weight excluding hydrogens is 264 g/mol. The highest BCUT2D eigenvalue weighted by atomic mass is 35.5. The van der Waals surface area contributed by atoms with Gasteiger partial charge in [-0.05, 0) is 29.0 Å². The SMILES string of the molecule is CC1(C)C(Nc2cc(Cl)ccc2C(N)=S)C1(C)C. The highest BCUT2D eigenvalue weighted by Gasteiger charge is 2.65. The van der Waals surface area contributed by atoms with Gasteiger partial charge in [-0.3, -0.25) is 0 Å². The molecule has 0 bridgehead atoms. The summed E-state index contributed by atoms with van der Waals surface area (Å²) in [5.74, 6) is 0. The minimum Gasteiger partial charge on any atom is -0.389 e. The molecule has 0 aromatic heterocycles. The molecule has 0 unspecified atom stereocenters. The molecule has 18 heavy (non-hydrogen) atoms. The summed E-state index contributed by atoms with van der Waals surface area (Å²) >= 11 is 11.1. The smallest absolute Gasteiger partial charge is 0.106 e. The number of halogens is 1. The summed E-state index contributed by atoms with van der Waals surface area (Å²) in [5.41, 5.74) is 8.03. The molecule has 0 spiro atoms. The van der Waals surface area contributed by atoms with E-state index in [0.717, 1.165) is 11.3 Å². The molecule has 1 aromatic rings. The minimum absolute atomic E-state index is 0.253. The lowest BCUT2D eigenvalue weighted by Gasteiger charge is -2.13. The Kier molecular flexibility index (Phi) is 3.11. The zero-order valence-corrected chi connectivity index (χ0v) is 12.7. The minimum atomic E-state index is 0.253. The Hall–Kier alpha value is -0.800. The molecule has 1 aromatic carbocycles. The topological polar surface area (TPSA) is 38.0 Å². The maximum absolute atomic E-state index is 6.04. The monoisotopic (exact) mass is 282 g/mol. The maximum Gasteiger partial charge on any atom is 0.106 e. The number of nitrogens with two attached hydrogens (primary N) is 1. The fourth-order valence-corrected chi connectivity index (χ4v) is 2.91. The highest BCUT2D eigenvalue weighted by Crippen LogP contribution is 2.63. The number of thiocarbonyl (C=S) groups is 1. The van der Waals surface area contributed by atoms with E-state index < -0.39 is 0 Å². The normalized spacial score (nSPS) is 20.5. The average Bonchev–Trinajstić information content (AvgIpc) is 2.60. The predicted octanol–water partition coefficient (Wildman–Crippen LogP) is 3.82. The van der Waals surface area contributed by atoms with Gasteiger partial charge in [0.25, 0.3) is 0 Å². The molecule has 2 rings (SSSR count). The van der Waals surface area contributed by atoms with Gasteiger partial charge < -0.3 is 11.1 Å². The Morgan fingerprint density at radius 1 is 1.28 bits per heavy atom. The molecule has 0 saturated heterocycles. The molecule has 1 saturated carbocycles. The molecule has 0 radical (unpaired) electrons. The second-order valence-electron chi connectivity index (χ2n) is 6.07. The van der Waals surface area contributed by atoms with Gasteiger partial charge in [0.05, 0.1) is 0 Å². The van der Waals surface area contributed by atoms with Crippen molar-refractivity contribution in [2.45, 2.75) is 33.7 Å². The molecule has 98 valence electrons. The summed E-state index contributed by atoms with van der Waals surface area (Å²) in [6, 6.07) is 5.97. The van der Waals surface area contributed by atoms with Gasteiger partial charge in [0, 0.05) is 22.3 Å². The first kappa shape index (κ1) is 13.6. The van der Waals surface area contributed by atoms with Crippen LogP contribution in [0, 0.1) is 10.8 Å². The number of rotatable bonds is 3. The molecule has 1 aliphatic carbocycles. The Labute approximate surface area is 119 Å². The summed E-state index contributed by atoms with van der Waals surface area (Å²) < 4.78 is 0. The van der Waals surface area contributed by atoms with Gasteiger partial charge in [0.1, 0.15) is 4.99 Å². The van der Waals surface area contributed by atoms with Crippen LogP contribution in [0.5, 0.6) is 0 Å². The molecule has 3 N–H and O–H groups in total. The largest absolute Gasteiger partial charge is 0.389 e. The molecule has 0 amide bonds. The number of hydrogen-bond donors (Lipinski definition) is 2. The number of benzene rings is 1. The summed E-state index contributed by atoms with van der Waals surface area (Å²) in [6.07, 6.45) is 0. The second kappa shape index (κ2) is 4.10. The van der Waals surface area contributed by atoms with Crippen LogP contribution in [-0.2, 0) is 0 Å². The van der Waals surface area contributed by atoms with Gasteiger partial charge in [-0.25, -0.2) is 0 Å². The number of hydrogen-bond acceptors (Lipinski definition) is 2. The fourth-order valence-electron chi connectivity index (χ4n) is 2.56. The quantitative estimate of drug-likeness (QED) is 0.828. The van der Waals surface area contributed by atoms with E-state index in [9.17, 15) is 0 Å². The third-order valence-corrected chi connectivity index (χ3v) is 5.02. The van der Waals surface area contributed by atoms with E-state index in [1.54, 1.807) is 0 Å². The van der Waals surface area contributed by atoms with Crippen LogP contribution in [0.3, 0.4) is 0 Å². The fraction of sp³-hybridized carbons (Fsp3) is 0.500. The summed E-state index contributed by atoms with van der Waals surface area (Å²) in [4.78, 5) is 0.394. The molecule has 1 aliphatic rings. The van der Waals surface area contributed by atoms with E-state index in [-0.39, 0.29) is 10.8 Å². The van der Waals surface area contributed by atoms with E-state index in [1.807, 2.05) is 18.2 Å². The molecule has 2 nitrogen and oxygen atoms in total. The molecule has 1 fully saturated rings.